The van der Waals surface area contributed by atoms with Crippen LogP contribution in [0.15, 0.2) is 48.5 Å². The molecule has 0 atom stereocenters. The summed E-state index contributed by atoms with van der Waals surface area (Å²) in [7, 11) is 0. The van der Waals surface area contributed by atoms with Crippen molar-refractivity contribution in [2.24, 2.45) is 5.73 Å². The molecule has 2 aromatic carbocycles. The third-order valence-corrected chi connectivity index (χ3v) is 5.10. The van der Waals surface area contributed by atoms with Gasteiger partial charge in [-0.15, -0.1) is 0 Å². The molecule has 26 heavy (non-hydrogen) atoms. The van der Waals surface area contributed by atoms with Gasteiger partial charge < -0.3 is 10.6 Å². The summed E-state index contributed by atoms with van der Waals surface area (Å²) in [6.07, 6.45) is 2.22. The first-order valence-electron chi connectivity index (χ1n) is 9.08. The second-order valence-corrected chi connectivity index (χ2v) is 6.85. The Morgan fingerprint density at radius 1 is 1.00 bits per heavy atom. The van der Waals surface area contributed by atoms with Crippen molar-refractivity contribution in [2.45, 2.75) is 37.6 Å². The Labute approximate surface area is 152 Å². The summed E-state index contributed by atoms with van der Waals surface area (Å²) >= 11 is 0. The fraction of sp³-hybridized carbons (Fsp3) is 0.381. The van der Waals surface area contributed by atoms with Gasteiger partial charge in [0.25, 0.3) is 0 Å². The maximum absolute atomic E-state index is 14.3. The second-order valence-electron chi connectivity index (χ2n) is 6.85. The van der Waals surface area contributed by atoms with E-state index in [4.69, 9.17) is 5.73 Å². The minimum Gasteiger partial charge on any atom is -0.343 e. The molecular formula is C21H24F2N2O. The highest BCUT2D eigenvalue weighted by Gasteiger charge is 2.25. The van der Waals surface area contributed by atoms with Crippen molar-refractivity contribution in [2.75, 3.05) is 13.1 Å². The number of carbonyl (C=O) groups is 1. The molecule has 1 amide bonds. The number of nitrogens with two attached hydrogens (primary N) is 1. The van der Waals surface area contributed by atoms with Crippen LogP contribution >= 0.6 is 0 Å². The van der Waals surface area contributed by atoms with Crippen LogP contribution in [0, 0.1) is 11.6 Å². The third kappa shape index (κ3) is 4.28. The molecule has 1 saturated heterocycles. The molecule has 1 heterocycles. The number of amides is 1. The predicted octanol–water partition coefficient (Wildman–Crippen LogP) is 3.83. The van der Waals surface area contributed by atoms with Crippen molar-refractivity contribution in [1.29, 1.82) is 0 Å². The lowest BCUT2D eigenvalue weighted by atomic mass is 9.86. The largest absolute Gasteiger partial charge is 0.343 e. The predicted molar refractivity (Wildman–Crippen MR) is 97.7 cm³/mol. The highest BCUT2D eigenvalue weighted by atomic mass is 19.1. The molecule has 0 saturated carbocycles. The van der Waals surface area contributed by atoms with Crippen LogP contribution in [0.1, 0.15) is 42.7 Å². The zero-order valence-electron chi connectivity index (χ0n) is 14.7. The number of likely N-dealkylation sites (tertiary alicyclic amines) is 1. The Hall–Kier alpha value is -2.27. The minimum absolute atomic E-state index is 0.0228. The molecule has 5 heteroatoms. The SMILES string of the molecule is NC1CCN(C(=O)CCC(c2ccccc2F)c2ccccc2F)CC1. The quantitative estimate of drug-likeness (QED) is 0.883. The molecule has 3 rings (SSSR count). The van der Waals surface area contributed by atoms with Crippen molar-refractivity contribution in [3.63, 3.8) is 0 Å². The van der Waals surface area contributed by atoms with Crippen LogP contribution in [0.5, 0.6) is 0 Å². The van der Waals surface area contributed by atoms with E-state index in [1.807, 2.05) is 4.90 Å². The number of carbonyl (C=O) groups excluding carboxylic acids is 1. The summed E-state index contributed by atoms with van der Waals surface area (Å²) in [4.78, 5) is 14.3. The van der Waals surface area contributed by atoms with Gasteiger partial charge in [0.15, 0.2) is 0 Å². The Balaban J connectivity index is 1.78. The number of benzene rings is 2. The van der Waals surface area contributed by atoms with E-state index in [9.17, 15) is 13.6 Å². The molecular weight excluding hydrogens is 334 g/mol. The van der Waals surface area contributed by atoms with Gasteiger partial charge in [-0.3, -0.25) is 4.79 Å². The fourth-order valence-electron chi connectivity index (χ4n) is 3.57. The van der Waals surface area contributed by atoms with Gasteiger partial charge in [-0.1, -0.05) is 36.4 Å². The molecule has 2 N–H and O–H groups in total. The van der Waals surface area contributed by atoms with E-state index in [0.29, 0.717) is 30.6 Å². The number of piperidine rings is 1. The topological polar surface area (TPSA) is 46.3 Å². The highest BCUT2D eigenvalue weighted by molar-refractivity contribution is 5.76. The van der Waals surface area contributed by atoms with Crippen molar-refractivity contribution >= 4 is 5.91 Å². The number of rotatable bonds is 5. The lowest BCUT2D eigenvalue weighted by Gasteiger charge is -2.30. The maximum Gasteiger partial charge on any atom is 0.222 e. The molecule has 0 unspecified atom stereocenters. The smallest absolute Gasteiger partial charge is 0.222 e. The van der Waals surface area contributed by atoms with Crippen molar-refractivity contribution in [3.8, 4) is 0 Å². The molecule has 0 radical (unpaired) electrons. The molecule has 0 spiro atoms. The lowest BCUT2D eigenvalue weighted by Crippen LogP contribution is -2.42. The van der Waals surface area contributed by atoms with Crippen molar-refractivity contribution in [3.05, 3.63) is 71.3 Å². The van der Waals surface area contributed by atoms with Crippen LogP contribution in [-0.2, 0) is 4.79 Å². The summed E-state index contributed by atoms with van der Waals surface area (Å²) in [5, 5.41) is 0. The van der Waals surface area contributed by atoms with Crippen LogP contribution in [0.2, 0.25) is 0 Å². The number of nitrogens with zero attached hydrogens (tertiary/aromatic N) is 1. The molecule has 1 aliphatic rings. The Morgan fingerprint density at radius 2 is 1.50 bits per heavy atom. The average molecular weight is 358 g/mol. The second kappa shape index (κ2) is 8.41. The number of hydrogen-bond acceptors (Lipinski definition) is 2. The summed E-state index contributed by atoms with van der Waals surface area (Å²) in [5.41, 5.74) is 6.73. The summed E-state index contributed by atoms with van der Waals surface area (Å²) < 4.78 is 28.7. The molecule has 0 aliphatic carbocycles. The first-order valence-corrected chi connectivity index (χ1v) is 9.08. The van der Waals surface area contributed by atoms with Crippen LogP contribution in [0.3, 0.4) is 0 Å². The van der Waals surface area contributed by atoms with E-state index in [-0.39, 0.29) is 30.0 Å². The van der Waals surface area contributed by atoms with Gasteiger partial charge in [0.2, 0.25) is 5.91 Å². The monoisotopic (exact) mass is 358 g/mol. The lowest BCUT2D eigenvalue weighted by molar-refractivity contribution is -0.132. The van der Waals surface area contributed by atoms with Gasteiger partial charge in [-0.25, -0.2) is 8.78 Å². The Bertz CT molecular complexity index is 712. The normalized spacial score (nSPS) is 15.5. The van der Waals surface area contributed by atoms with E-state index in [0.717, 1.165) is 12.8 Å². The fourth-order valence-corrected chi connectivity index (χ4v) is 3.57. The van der Waals surface area contributed by atoms with E-state index >= 15 is 0 Å². The zero-order chi connectivity index (χ0) is 18.5. The van der Waals surface area contributed by atoms with Gasteiger partial charge in [0.1, 0.15) is 11.6 Å². The van der Waals surface area contributed by atoms with E-state index < -0.39 is 5.92 Å². The van der Waals surface area contributed by atoms with Crippen LogP contribution in [-0.4, -0.2) is 29.9 Å². The van der Waals surface area contributed by atoms with Gasteiger partial charge in [0, 0.05) is 31.5 Å². The first-order chi connectivity index (χ1) is 12.6. The zero-order valence-corrected chi connectivity index (χ0v) is 14.7. The van der Waals surface area contributed by atoms with Crippen LogP contribution < -0.4 is 5.73 Å². The van der Waals surface area contributed by atoms with Gasteiger partial charge in [0.05, 0.1) is 0 Å². The van der Waals surface area contributed by atoms with E-state index in [1.54, 1.807) is 36.4 Å². The van der Waals surface area contributed by atoms with Crippen molar-refractivity contribution < 1.29 is 13.6 Å². The van der Waals surface area contributed by atoms with Crippen LogP contribution in [0.4, 0.5) is 8.78 Å². The van der Waals surface area contributed by atoms with E-state index in [1.165, 1.54) is 12.1 Å². The van der Waals surface area contributed by atoms with Crippen molar-refractivity contribution in [1.82, 2.24) is 4.90 Å². The number of halogens is 2. The first kappa shape index (κ1) is 18.5. The van der Waals surface area contributed by atoms with Gasteiger partial charge in [-0.2, -0.15) is 0 Å². The molecule has 138 valence electrons. The van der Waals surface area contributed by atoms with Crippen LogP contribution in [0.25, 0.3) is 0 Å². The average Bonchev–Trinajstić information content (AvgIpc) is 2.65. The highest BCUT2D eigenvalue weighted by Crippen LogP contribution is 2.33. The molecule has 0 bridgehead atoms. The molecule has 1 fully saturated rings. The Kier molecular flexibility index (Phi) is 5.99. The molecule has 2 aromatic rings. The number of hydrogen-bond donors (Lipinski definition) is 1. The maximum atomic E-state index is 14.3. The third-order valence-electron chi connectivity index (χ3n) is 5.10. The van der Waals surface area contributed by atoms with E-state index in [2.05, 4.69) is 0 Å². The molecule has 0 aromatic heterocycles. The molecule has 1 aliphatic heterocycles. The van der Waals surface area contributed by atoms with Gasteiger partial charge in [-0.05, 0) is 42.5 Å². The summed E-state index contributed by atoms with van der Waals surface area (Å²) in [5.74, 6) is -1.22. The molecule has 3 nitrogen and oxygen atoms in total. The summed E-state index contributed by atoms with van der Waals surface area (Å²) in [6.45, 7) is 1.31. The standard InChI is InChI=1S/C21H24F2N2O/c22-19-7-3-1-5-17(19)16(18-6-2-4-8-20(18)23)9-10-21(26)25-13-11-15(24)12-14-25/h1-8,15-16H,9-14,24H2. The summed E-state index contributed by atoms with van der Waals surface area (Å²) in [6, 6.07) is 12.9. The van der Waals surface area contributed by atoms with Gasteiger partial charge >= 0.3 is 0 Å². The Morgan fingerprint density at radius 3 is 2.00 bits per heavy atom. The minimum atomic E-state index is -0.492.